The van der Waals surface area contributed by atoms with Gasteiger partial charge in [0, 0.05) is 17.8 Å². The lowest BCUT2D eigenvalue weighted by atomic mass is 10.0. The maximum absolute atomic E-state index is 9.06. The van der Waals surface area contributed by atoms with E-state index in [1.165, 1.54) is 5.57 Å². The molecule has 1 heterocycles. The number of aliphatic hydroxyl groups excluding tert-OH is 1. The Kier molecular flexibility index (Phi) is 4.85. The molecule has 0 aliphatic carbocycles. The molecule has 0 bridgehead atoms. The van der Waals surface area contributed by atoms with Crippen LogP contribution >= 0.6 is 0 Å². The fraction of sp³-hybridized carbons (Fsp3) is 0.667. The van der Waals surface area contributed by atoms with E-state index in [2.05, 4.69) is 18.3 Å². The third-order valence-electron chi connectivity index (χ3n) is 2.93. The minimum atomic E-state index is 0.214. The Labute approximate surface area is 92.1 Å². The topological polar surface area (TPSA) is 58.3 Å². The molecule has 1 fully saturated rings. The molecule has 0 saturated carbocycles. The second-order valence-electron chi connectivity index (χ2n) is 4.01. The van der Waals surface area contributed by atoms with Crippen molar-refractivity contribution in [3.63, 3.8) is 0 Å². The largest absolute Gasteiger partial charge is 0.402 e. The van der Waals surface area contributed by atoms with E-state index in [-0.39, 0.29) is 12.6 Å². The van der Waals surface area contributed by atoms with Gasteiger partial charge in [-0.15, -0.1) is 0 Å². The van der Waals surface area contributed by atoms with Gasteiger partial charge in [-0.2, -0.15) is 0 Å². The predicted octanol–water partition coefficient (Wildman–Crippen LogP) is 1.30. The first-order valence-electron chi connectivity index (χ1n) is 5.71. The lowest BCUT2D eigenvalue weighted by molar-refractivity contribution is 0.253. The van der Waals surface area contributed by atoms with Gasteiger partial charge in [0.2, 0.25) is 0 Å². The van der Waals surface area contributed by atoms with Crippen molar-refractivity contribution >= 4 is 0 Å². The van der Waals surface area contributed by atoms with Gasteiger partial charge in [-0.25, -0.2) is 0 Å². The molecular formula is C12H22N2O. The van der Waals surface area contributed by atoms with E-state index in [1.54, 1.807) is 0 Å². The van der Waals surface area contributed by atoms with Crippen LogP contribution in [0.3, 0.4) is 0 Å². The molecule has 0 aromatic carbocycles. The van der Waals surface area contributed by atoms with Crippen LogP contribution in [0, 0.1) is 0 Å². The van der Waals surface area contributed by atoms with Gasteiger partial charge in [0.05, 0.1) is 6.61 Å². The molecule has 1 rings (SSSR count). The number of aliphatic hydroxyl groups is 1. The number of hydrogen-bond donors (Lipinski definition) is 3. The molecule has 0 aromatic rings. The molecule has 4 N–H and O–H groups in total. The van der Waals surface area contributed by atoms with Crippen molar-refractivity contribution in [2.45, 2.75) is 45.2 Å². The lowest BCUT2D eigenvalue weighted by Crippen LogP contribution is -2.33. The first-order valence-corrected chi connectivity index (χ1v) is 5.71. The fourth-order valence-corrected chi connectivity index (χ4v) is 2.04. The van der Waals surface area contributed by atoms with Crippen LogP contribution in [0.4, 0.5) is 0 Å². The number of rotatable bonds is 4. The van der Waals surface area contributed by atoms with Gasteiger partial charge in [-0.1, -0.05) is 19.1 Å². The number of nitrogens with one attached hydrogen (secondary N) is 1. The molecule has 3 heteroatoms. The first kappa shape index (κ1) is 12.3. The van der Waals surface area contributed by atoms with Gasteiger partial charge in [-0.05, 0) is 31.8 Å². The Morgan fingerprint density at radius 3 is 2.73 bits per heavy atom. The molecule has 0 spiro atoms. The van der Waals surface area contributed by atoms with Crippen LogP contribution in [0.15, 0.2) is 23.4 Å². The van der Waals surface area contributed by atoms with Crippen LogP contribution < -0.4 is 11.1 Å². The predicted molar refractivity (Wildman–Crippen MR) is 63.3 cm³/mol. The maximum Gasteiger partial charge on any atom is 0.0584 e. The summed E-state index contributed by atoms with van der Waals surface area (Å²) in [6, 6.07) is 0.554. The second-order valence-corrected chi connectivity index (χ2v) is 4.01. The molecule has 1 saturated heterocycles. The number of hydrogen-bond acceptors (Lipinski definition) is 3. The third-order valence-corrected chi connectivity index (χ3v) is 2.93. The second kappa shape index (κ2) is 5.93. The molecule has 0 radical (unpaired) electrons. The van der Waals surface area contributed by atoms with Gasteiger partial charge in [0.25, 0.3) is 0 Å². The number of allylic oxidation sites excluding steroid dienone is 2. The maximum atomic E-state index is 9.06. The van der Waals surface area contributed by atoms with E-state index in [0.29, 0.717) is 6.04 Å². The van der Waals surface area contributed by atoms with Crippen molar-refractivity contribution in [1.82, 2.24) is 5.32 Å². The average Bonchev–Trinajstić information content (AvgIpc) is 2.73. The van der Waals surface area contributed by atoms with E-state index >= 15 is 0 Å². The van der Waals surface area contributed by atoms with Crippen LogP contribution in [0.5, 0.6) is 0 Å². The van der Waals surface area contributed by atoms with E-state index in [1.807, 2.05) is 13.0 Å². The SMILES string of the molecule is C/C=C\C(=C(\N)CC)[C@H]1CC[C@@H](CO)N1. The highest BCUT2D eigenvalue weighted by molar-refractivity contribution is 5.30. The summed E-state index contributed by atoms with van der Waals surface area (Å²) >= 11 is 0. The van der Waals surface area contributed by atoms with Crippen molar-refractivity contribution in [2.75, 3.05) is 6.61 Å². The Hall–Kier alpha value is -0.800. The van der Waals surface area contributed by atoms with Crippen LogP contribution in [0.2, 0.25) is 0 Å². The monoisotopic (exact) mass is 210 g/mol. The molecule has 86 valence electrons. The van der Waals surface area contributed by atoms with Gasteiger partial charge >= 0.3 is 0 Å². The highest BCUT2D eigenvalue weighted by atomic mass is 16.3. The van der Waals surface area contributed by atoms with E-state index in [4.69, 9.17) is 10.8 Å². The molecule has 15 heavy (non-hydrogen) atoms. The van der Waals surface area contributed by atoms with Crippen LogP contribution in [0.25, 0.3) is 0 Å². The minimum absolute atomic E-state index is 0.214. The highest BCUT2D eigenvalue weighted by Crippen LogP contribution is 2.21. The Bertz CT molecular complexity index is 258. The smallest absolute Gasteiger partial charge is 0.0584 e. The van der Waals surface area contributed by atoms with E-state index < -0.39 is 0 Å². The number of nitrogens with two attached hydrogens (primary N) is 1. The van der Waals surface area contributed by atoms with Gasteiger partial charge in [0.1, 0.15) is 0 Å². The molecule has 2 atom stereocenters. The third kappa shape index (κ3) is 3.08. The summed E-state index contributed by atoms with van der Waals surface area (Å²) in [5.41, 5.74) is 8.13. The van der Waals surface area contributed by atoms with Crippen molar-refractivity contribution in [3.8, 4) is 0 Å². The van der Waals surface area contributed by atoms with Crippen molar-refractivity contribution in [1.29, 1.82) is 0 Å². The van der Waals surface area contributed by atoms with Gasteiger partial charge < -0.3 is 16.2 Å². The standard InChI is InChI=1S/C12H22N2O/c1-3-5-10(11(13)4-2)12-7-6-9(8-15)14-12/h3,5,9,12,14-15H,4,6-8,13H2,1-2H3/b5-3-,11-10-/t9-,12+/m0/s1. The van der Waals surface area contributed by atoms with Crippen LogP contribution in [0.1, 0.15) is 33.1 Å². The molecule has 1 aliphatic rings. The van der Waals surface area contributed by atoms with Crippen molar-refractivity contribution in [2.24, 2.45) is 5.73 Å². The fourth-order valence-electron chi connectivity index (χ4n) is 2.04. The highest BCUT2D eigenvalue weighted by Gasteiger charge is 2.25. The summed E-state index contributed by atoms with van der Waals surface area (Å²) < 4.78 is 0. The Balaban J connectivity index is 2.75. The summed E-state index contributed by atoms with van der Waals surface area (Å²) in [6.07, 6.45) is 7.06. The molecular weight excluding hydrogens is 188 g/mol. The zero-order valence-corrected chi connectivity index (χ0v) is 9.66. The minimum Gasteiger partial charge on any atom is -0.402 e. The summed E-state index contributed by atoms with van der Waals surface area (Å²) in [4.78, 5) is 0. The average molecular weight is 210 g/mol. The van der Waals surface area contributed by atoms with Crippen LogP contribution in [-0.4, -0.2) is 23.8 Å². The van der Waals surface area contributed by atoms with Gasteiger partial charge in [0.15, 0.2) is 0 Å². The quantitative estimate of drug-likeness (QED) is 0.613. The van der Waals surface area contributed by atoms with E-state index in [0.717, 1.165) is 25.0 Å². The normalized spacial score (nSPS) is 28.5. The summed E-state index contributed by atoms with van der Waals surface area (Å²) in [6.45, 7) is 4.28. The van der Waals surface area contributed by atoms with Gasteiger partial charge in [-0.3, -0.25) is 0 Å². The lowest BCUT2D eigenvalue weighted by Gasteiger charge is -2.16. The molecule has 0 aromatic heterocycles. The molecule has 3 nitrogen and oxygen atoms in total. The summed E-state index contributed by atoms with van der Waals surface area (Å²) in [7, 11) is 0. The Morgan fingerprint density at radius 2 is 2.27 bits per heavy atom. The zero-order chi connectivity index (χ0) is 11.3. The van der Waals surface area contributed by atoms with Crippen LogP contribution in [-0.2, 0) is 0 Å². The van der Waals surface area contributed by atoms with Crippen molar-refractivity contribution < 1.29 is 5.11 Å². The first-order chi connectivity index (χ1) is 7.22. The Morgan fingerprint density at radius 1 is 1.53 bits per heavy atom. The van der Waals surface area contributed by atoms with Crippen molar-refractivity contribution in [3.05, 3.63) is 23.4 Å². The van der Waals surface area contributed by atoms with E-state index in [9.17, 15) is 0 Å². The summed E-state index contributed by atoms with van der Waals surface area (Å²) in [5, 5.41) is 12.5. The zero-order valence-electron chi connectivity index (χ0n) is 9.66. The molecule has 1 aliphatic heterocycles. The molecule has 0 amide bonds. The summed E-state index contributed by atoms with van der Waals surface area (Å²) in [5.74, 6) is 0. The molecule has 0 unspecified atom stereocenters.